The zero-order chi connectivity index (χ0) is 16.9. The Bertz CT molecular complexity index is 660. The lowest BCUT2D eigenvalue weighted by Crippen LogP contribution is -2.36. The number of nitrogens with one attached hydrogen (secondary N) is 2. The molecule has 0 aromatic heterocycles. The molecule has 0 saturated heterocycles. The number of benzene rings is 1. The first-order valence-electron chi connectivity index (χ1n) is 8.23. The number of nitrogens with zero attached hydrogens (tertiary/aromatic N) is 1. The predicted molar refractivity (Wildman–Crippen MR) is 96.4 cm³/mol. The second-order valence-electron chi connectivity index (χ2n) is 6.44. The van der Waals surface area contributed by atoms with E-state index in [9.17, 15) is 8.42 Å². The topological polar surface area (TPSA) is 70.6 Å². The summed E-state index contributed by atoms with van der Waals surface area (Å²) in [6.45, 7) is 4.03. The van der Waals surface area contributed by atoms with E-state index in [-0.39, 0.29) is 6.04 Å². The maximum absolute atomic E-state index is 11.6. The highest BCUT2D eigenvalue weighted by Crippen LogP contribution is 2.21. The van der Waals surface area contributed by atoms with Crippen LogP contribution in [0.1, 0.15) is 49.7 Å². The SMILES string of the molecule is Cc1ccc(NC(=NC2CCCCCC2)NS(C)(=O)=O)c(C)c1. The Balaban J connectivity index is 2.22. The number of rotatable bonds is 3. The van der Waals surface area contributed by atoms with Crippen LogP contribution in [0, 0.1) is 13.8 Å². The fourth-order valence-electron chi connectivity index (χ4n) is 2.91. The lowest BCUT2D eigenvalue weighted by atomic mass is 10.1. The third kappa shape index (κ3) is 6.22. The van der Waals surface area contributed by atoms with Crippen molar-refractivity contribution in [2.24, 2.45) is 4.99 Å². The van der Waals surface area contributed by atoms with Crippen LogP contribution in [0.4, 0.5) is 5.69 Å². The molecule has 0 bridgehead atoms. The molecule has 0 atom stereocenters. The number of sulfonamides is 1. The maximum Gasteiger partial charge on any atom is 0.232 e. The number of hydrogen-bond acceptors (Lipinski definition) is 3. The fraction of sp³-hybridized carbons (Fsp3) is 0.588. The third-order valence-electron chi connectivity index (χ3n) is 4.05. The van der Waals surface area contributed by atoms with E-state index in [1.807, 2.05) is 26.0 Å². The number of aliphatic imine (C=N–C) groups is 1. The van der Waals surface area contributed by atoms with Gasteiger partial charge < -0.3 is 5.32 Å². The molecule has 1 aliphatic rings. The molecule has 0 amide bonds. The van der Waals surface area contributed by atoms with E-state index in [1.54, 1.807) is 0 Å². The van der Waals surface area contributed by atoms with Crippen molar-refractivity contribution in [3.8, 4) is 0 Å². The van der Waals surface area contributed by atoms with Gasteiger partial charge in [-0.25, -0.2) is 13.4 Å². The Morgan fingerprint density at radius 1 is 1.13 bits per heavy atom. The predicted octanol–water partition coefficient (Wildman–Crippen LogP) is 3.34. The Labute approximate surface area is 139 Å². The van der Waals surface area contributed by atoms with Crippen molar-refractivity contribution < 1.29 is 8.42 Å². The minimum absolute atomic E-state index is 0.181. The van der Waals surface area contributed by atoms with Gasteiger partial charge in [-0.3, -0.25) is 4.72 Å². The van der Waals surface area contributed by atoms with Crippen molar-refractivity contribution >= 4 is 21.7 Å². The van der Waals surface area contributed by atoms with Gasteiger partial charge in [-0.05, 0) is 38.3 Å². The van der Waals surface area contributed by atoms with E-state index in [2.05, 4.69) is 21.1 Å². The minimum atomic E-state index is -3.37. The number of aryl methyl sites for hydroxylation is 2. The van der Waals surface area contributed by atoms with Crippen LogP contribution in [0.3, 0.4) is 0 Å². The van der Waals surface area contributed by atoms with E-state index in [0.717, 1.165) is 43.2 Å². The molecular formula is C17H27N3O2S. The Morgan fingerprint density at radius 3 is 2.35 bits per heavy atom. The molecule has 0 spiro atoms. The molecule has 0 unspecified atom stereocenters. The van der Waals surface area contributed by atoms with Gasteiger partial charge in [0.25, 0.3) is 0 Å². The highest BCUT2D eigenvalue weighted by Gasteiger charge is 2.15. The largest absolute Gasteiger partial charge is 0.325 e. The molecule has 0 heterocycles. The molecule has 1 aromatic rings. The van der Waals surface area contributed by atoms with Gasteiger partial charge in [0.1, 0.15) is 0 Å². The zero-order valence-corrected chi connectivity index (χ0v) is 15.0. The molecule has 1 aliphatic carbocycles. The average molecular weight is 337 g/mol. The summed E-state index contributed by atoms with van der Waals surface area (Å²) in [4.78, 5) is 4.65. The van der Waals surface area contributed by atoms with Crippen molar-refractivity contribution in [1.29, 1.82) is 0 Å². The summed E-state index contributed by atoms with van der Waals surface area (Å²) in [5.41, 5.74) is 3.11. The molecule has 23 heavy (non-hydrogen) atoms. The number of anilines is 1. The molecule has 5 nitrogen and oxygen atoms in total. The highest BCUT2D eigenvalue weighted by molar-refractivity contribution is 7.89. The molecule has 128 valence electrons. The minimum Gasteiger partial charge on any atom is -0.325 e. The number of guanidine groups is 1. The van der Waals surface area contributed by atoms with Gasteiger partial charge in [-0.1, -0.05) is 43.4 Å². The molecule has 1 aromatic carbocycles. The molecule has 0 aliphatic heterocycles. The summed E-state index contributed by atoms with van der Waals surface area (Å²) < 4.78 is 25.8. The van der Waals surface area contributed by atoms with Crippen LogP contribution in [0.2, 0.25) is 0 Å². The van der Waals surface area contributed by atoms with Crippen LogP contribution in [0.15, 0.2) is 23.2 Å². The summed E-state index contributed by atoms with van der Waals surface area (Å²) in [6, 6.07) is 6.20. The average Bonchev–Trinajstić information content (AvgIpc) is 2.69. The normalized spacial score (nSPS) is 17.6. The highest BCUT2D eigenvalue weighted by atomic mass is 32.2. The van der Waals surface area contributed by atoms with E-state index >= 15 is 0 Å². The summed E-state index contributed by atoms with van der Waals surface area (Å²) in [5, 5.41) is 3.16. The van der Waals surface area contributed by atoms with Gasteiger partial charge >= 0.3 is 0 Å². The van der Waals surface area contributed by atoms with Crippen molar-refractivity contribution in [2.45, 2.75) is 58.4 Å². The first-order chi connectivity index (χ1) is 10.8. The van der Waals surface area contributed by atoms with Crippen LogP contribution in [0.5, 0.6) is 0 Å². The molecule has 6 heteroatoms. The first-order valence-corrected chi connectivity index (χ1v) is 10.1. The van der Waals surface area contributed by atoms with Crippen LogP contribution in [0.25, 0.3) is 0 Å². The standard InChI is InChI=1S/C17H27N3O2S/c1-13-10-11-16(14(2)12-13)19-17(20-23(3,21)22)18-15-8-6-4-5-7-9-15/h10-12,15H,4-9H2,1-3H3,(H2,18,19,20). The van der Waals surface area contributed by atoms with E-state index in [0.29, 0.717) is 5.96 Å². The third-order valence-corrected chi connectivity index (χ3v) is 4.62. The Kier molecular flexibility index (Phi) is 6.04. The van der Waals surface area contributed by atoms with Crippen LogP contribution < -0.4 is 10.0 Å². The van der Waals surface area contributed by atoms with E-state index in [4.69, 9.17) is 0 Å². The molecule has 1 fully saturated rings. The quantitative estimate of drug-likeness (QED) is 0.505. The van der Waals surface area contributed by atoms with Gasteiger partial charge in [-0.15, -0.1) is 0 Å². The summed E-state index contributed by atoms with van der Waals surface area (Å²) in [7, 11) is -3.37. The van der Waals surface area contributed by atoms with Gasteiger partial charge in [0.15, 0.2) is 0 Å². The summed E-state index contributed by atoms with van der Waals surface area (Å²) in [6.07, 6.45) is 7.98. The summed E-state index contributed by atoms with van der Waals surface area (Å²) in [5.74, 6) is 0.325. The summed E-state index contributed by atoms with van der Waals surface area (Å²) >= 11 is 0. The number of hydrogen-bond donors (Lipinski definition) is 2. The monoisotopic (exact) mass is 337 g/mol. The maximum atomic E-state index is 11.6. The molecule has 0 radical (unpaired) electrons. The lowest BCUT2D eigenvalue weighted by molar-refractivity contribution is 0.581. The smallest absolute Gasteiger partial charge is 0.232 e. The molecular weight excluding hydrogens is 310 g/mol. The second-order valence-corrected chi connectivity index (χ2v) is 8.19. The van der Waals surface area contributed by atoms with E-state index < -0.39 is 10.0 Å². The Hall–Kier alpha value is -1.56. The molecule has 2 rings (SSSR count). The van der Waals surface area contributed by atoms with Crippen LogP contribution in [-0.4, -0.2) is 26.7 Å². The Morgan fingerprint density at radius 2 is 1.78 bits per heavy atom. The van der Waals surface area contributed by atoms with Crippen LogP contribution >= 0.6 is 0 Å². The van der Waals surface area contributed by atoms with Gasteiger partial charge in [-0.2, -0.15) is 0 Å². The van der Waals surface area contributed by atoms with E-state index in [1.165, 1.54) is 18.4 Å². The van der Waals surface area contributed by atoms with Crippen molar-refractivity contribution in [2.75, 3.05) is 11.6 Å². The second kappa shape index (κ2) is 7.81. The van der Waals surface area contributed by atoms with Crippen molar-refractivity contribution in [1.82, 2.24) is 4.72 Å². The van der Waals surface area contributed by atoms with Crippen molar-refractivity contribution in [3.05, 3.63) is 29.3 Å². The fourth-order valence-corrected chi connectivity index (χ4v) is 3.37. The van der Waals surface area contributed by atoms with Gasteiger partial charge in [0.05, 0.1) is 12.3 Å². The first kappa shape index (κ1) is 17.8. The molecule has 1 saturated carbocycles. The van der Waals surface area contributed by atoms with Crippen LogP contribution in [-0.2, 0) is 10.0 Å². The van der Waals surface area contributed by atoms with Gasteiger partial charge in [0, 0.05) is 5.69 Å². The lowest BCUT2D eigenvalue weighted by Gasteiger charge is -2.16. The van der Waals surface area contributed by atoms with Crippen molar-refractivity contribution in [3.63, 3.8) is 0 Å². The molecule has 2 N–H and O–H groups in total. The van der Waals surface area contributed by atoms with Gasteiger partial charge in [0.2, 0.25) is 16.0 Å². The zero-order valence-electron chi connectivity index (χ0n) is 14.2.